The molecule has 0 bridgehead atoms. The molecule has 4 heavy (non-hydrogen) atoms. The summed E-state index contributed by atoms with van der Waals surface area (Å²) in [6, 6.07) is 0. The van der Waals surface area contributed by atoms with Gasteiger partial charge in [0.05, 0.1) is 10.8 Å². The van der Waals surface area contributed by atoms with Gasteiger partial charge >= 0.3 is 0 Å². The van der Waals surface area contributed by atoms with E-state index in [2.05, 4.69) is 0 Å². The van der Waals surface area contributed by atoms with Gasteiger partial charge < -0.3 is 4.89 Å². The van der Waals surface area contributed by atoms with Crippen LogP contribution in [0.2, 0.25) is 0 Å². The van der Waals surface area contributed by atoms with Gasteiger partial charge in [-0.15, -0.1) is 0 Å². The third-order valence-electron chi connectivity index (χ3n) is 0.0304. The summed E-state index contributed by atoms with van der Waals surface area (Å²) in [5.74, 6) is 0. The van der Waals surface area contributed by atoms with Gasteiger partial charge in [0.1, 0.15) is 0 Å². The molecule has 0 radical (unpaired) electrons. The Morgan fingerprint density at radius 2 is 2.25 bits per heavy atom. The molecule has 0 rings (SSSR count). The highest BCUT2D eigenvalue weighted by molar-refractivity contribution is 7.97. The third-order valence-corrected chi connectivity index (χ3v) is 0.274. The molecule has 0 heterocycles. The molecule has 0 amide bonds. The first kappa shape index (κ1) is 4.28. The molecule has 0 unspecified atom stereocenters. The largest absolute Gasteiger partial charge is 0.795 e. The van der Waals surface area contributed by atoms with E-state index in [1.165, 1.54) is 0 Å². The van der Waals surface area contributed by atoms with E-state index in [1.54, 1.807) is 0 Å². The molecule has 0 fully saturated rings. The maximum absolute atomic E-state index is 8.92. The summed E-state index contributed by atoms with van der Waals surface area (Å²) >= 11 is 0. The van der Waals surface area contributed by atoms with E-state index in [-0.39, 0.29) is 10.8 Å². The fourth-order valence-corrected chi connectivity index (χ4v) is 0. The summed E-state index contributed by atoms with van der Waals surface area (Å²) in [5.41, 5.74) is 0. The van der Waals surface area contributed by atoms with Crippen molar-refractivity contribution in [3.63, 3.8) is 0 Å². The Bertz CT molecular complexity index is 44.0. The number of hydrogen-bond donors (Lipinski definition) is 0. The van der Waals surface area contributed by atoms with Crippen molar-refractivity contribution in [3.8, 4) is 0 Å². The SMILES string of the molecule is O=S=P[O-]. The molecule has 0 saturated carbocycles. The average Bonchev–Trinajstić information content (AvgIpc) is 1.37. The highest BCUT2D eigenvalue weighted by atomic mass is 32.5. The Kier molecular flexibility index (Phi) is 3.51. The van der Waals surface area contributed by atoms with Gasteiger partial charge in [0.15, 0.2) is 0 Å². The lowest BCUT2D eigenvalue weighted by Gasteiger charge is -1.64. The van der Waals surface area contributed by atoms with Crippen molar-refractivity contribution in [1.29, 1.82) is 0 Å². The Labute approximate surface area is 28.5 Å². The first-order valence-electron chi connectivity index (χ1n) is 0.532. The zero-order chi connectivity index (χ0) is 3.41. The summed E-state index contributed by atoms with van der Waals surface area (Å²) in [4.78, 5) is 8.92. The molecule has 0 spiro atoms. The third kappa shape index (κ3) is 2.28. The van der Waals surface area contributed by atoms with Gasteiger partial charge in [0.2, 0.25) is 0 Å². The van der Waals surface area contributed by atoms with Crippen LogP contribution < -0.4 is 4.89 Å². The van der Waals surface area contributed by atoms with E-state index in [4.69, 9.17) is 9.10 Å². The molecule has 0 aliphatic carbocycles. The van der Waals surface area contributed by atoms with Gasteiger partial charge in [0.25, 0.3) is 0 Å². The maximum Gasteiger partial charge on any atom is 0.0970 e. The maximum atomic E-state index is 8.92. The van der Waals surface area contributed by atoms with Gasteiger partial charge in [-0.25, -0.2) is 4.21 Å². The van der Waals surface area contributed by atoms with Gasteiger partial charge in [-0.05, 0) is 0 Å². The molecule has 0 aliphatic rings. The Morgan fingerprint density at radius 3 is 2.25 bits per heavy atom. The van der Waals surface area contributed by atoms with Crippen molar-refractivity contribution in [2.45, 2.75) is 0 Å². The fourth-order valence-electron chi connectivity index (χ4n) is 0. The molecule has 0 aromatic heterocycles. The molecule has 0 atom stereocenters. The van der Waals surface area contributed by atoms with Crippen molar-refractivity contribution < 1.29 is 9.10 Å². The van der Waals surface area contributed by atoms with E-state index in [0.717, 1.165) is 0 Å². The van der Waals surface area contributed by atoms with Crippen molar-refractivity contribution in [3.05, 3.63) is 0 Å². The van der Waals surface area contributed by atoms with Crippen molar-refractivity contribution >= 4 is 18.4 Å². The molecular weight excluding hydrogens is 95.0 g/mol. The van der Waals surface area contributed by atoms with Crippen LogP contribution in [0.15, 0.2) is 0 Å². The highest BCUT2D eigenvalue weighted by Gasteiger charge is 1.15. The van der Waals surface area contributed by atoms with Crippen LogP contribution in [0, 0.1) is 0 Å². The van der Waals surface area contributed by atoms with E-state index in [0.29, 0.717) is 0 Å². The molecule has 0 saturated heterocycles. The molecule has 0 aliphatic heterocycles. The zero-order valence-electron chi connectivity index (χ0n) is 1.67. The molecule has 4 heteroatoms. The quantitative estimate of drug-likeness (QED) is 0.374. The molecule has 2 nitrogen and oxygen atoms in total. The minimum Gasteiger partial charge on any atom is -0.795 e. The van der Waals surface area contributed by atoms with Crippen molar-refractivity contribution in [2.75, 3.05) is 0 Å². The van der Waals surface area contributed by atoms with Crippen molar-refractivity contribution in [2.24, 2.45) is 0 Å². The topological polar surface area (TPSA) is 40.1 Å². The van der Waals surface area contributed by atoms with Crippen LogP contribution >= 0.6 is 7.58 Å². The second-order valence-electron chi connectivity index (χ2n) is 0.149. The Morgan fingerprint density at radius 1 is 2.00 bits per heavy atom. The van der Waals surface area contributed by atoms with Gasteiger partial charge in [-0.1, -0.05) is 7.58 Å². The predicted molar refractivity (Wildman–Crippen MR) is 15.1 cm³/mol. The van der Waals surface area contributed by atoms with E-state index >= 15 is 0 Å². The zero-order valence-corrected chi connectivity index (χ0v) is 3.38. The molecular formula is O2PS-. The Hall–Kier alpha value is 0.280. The molecule has 0 aromatic carbocycles. The molecule has 0 N–H and O–H groups in total. The van der Waals surface area contributed by atoms with Crippen LogP contribution in [-0.4, -0.2) is 4.21 Å². The predicted octanol–water partition coefficient (Wildman–Crippen LogP) is -0.664. The van der Waals surface area contributed by atoms with Crippen LogP contribution in [0.5, 0.6) is 0 Å². The number of rotatable bonds is 0. The lowest BCUT2D eigenvalue weighted by Crippen LogP contribution is -1.66. The van der Waals surface area contributed by atoms with Crippen LogP contribution in [0.4, 0.5) is 0 Å². The second kappa shape index (κ2) is 3.28. The van der Waals surface area contributed by atoms with Gasteiger partial charge in [-0.3, -0.25) is 0 Å². The van der Waals surface area contributed by atoms with Crippen LogP contribution in [0.3, 0.4) is 0 Å². The van der Waals surface area contributed by atoms with Gasteiger partial charge in [0, 0.05) is 0 Å². The summed E-state index contributed by atoms with van der Waals surface area (Å²) in [7, 11) is -0.367. The summed E-state index contributed by atoms with van der Waals surface area (Å²) in [6.45, 7) is 0. The molecule has 0 aromatic rings. The lowest BCUT2D eigenvalue weighted by molar-refractivity contribution is -0.143. The first-order chi connectivity index (χ1) is 1.91. The van der Waals surface area contributed by atoms with Crippen LogP contribution in [0.25, 0.3) is 0 Å². The van der Waals surface area contributed by atoms with E-state index in [1.807, 2.05) is 0 Å². The summed E-state index contributed by atoms with van der Waals surface area (Å²) in [6.07, 6.45) is 0. The fraction of sp³-hybridized carbons (Fsp3) is 0. The molecule has 24 valence electrons. The summed E-state index contributed by atoms with van der Waals surface area (Å²) < 4.78 is 8.89. The van der Waals surface area contributed by atoms with Gasteiger partial charge in [-0.2, -0.15) is 0 Å². The normalized spacial score (nSPS) is 7.25. The Balaban J connectivity index is 3.11. The minimum atomic E-state index is -0.390. The van der Waals surface area contributed by atoms with Crippen LogP contribution in [-0.2, 0) is 10.8 Å². The minimum absolute atomic E-state index is 0.0231. The monoisotopic (exact) mass is 94.9 g/mol. The van der Waals surface area contributed by atoms with Crippen LogP contribution in [0.1, 0.15) is 0 Å². The number of hydrogen-bond acceptors (Lipinski definition) is 2. The lowest BCUT2D eigenvalue weighted by atomic mass is 15.9. The highest BCUT2D eigenvalue weighted by Crippen LogP contribution is 1.59. The van der Waals surface area contributed by atoms with E-state index in [9.17, 15) is 0 Å². The standard InChI is InChI=1S/O2PS/c1-3-4-2/q-1. The van der Waals surface area contributed by atoms with E-state index < -0.39 is 7.58 Å². The van der Waals surface area contributed by atoms with Crippen molar-refractivity contribution in [1.82, 2.24) is 0 Å². The first-order valence-corrected chi connectivity index (χ1v) is 2.69. The smallest absolute Gasteiger partial charge is 0.0970 e. The summed E-state index contributed by atoms with van der Waals surface area (Å²) in [5, 5.41) is 0. The average molecular weight is 95.0 g/mol. The second-order valence-corrected chi connectivity index (χ2v) is 1.34.